The molecule has 2 aromatic heterocycles. The van der Waals surface area contributed by atoms with Gasteiger partial charge in [0, 0.05) is 22.9 Å². The lowest BCUT2D eigenvalue weighted by Gasteiger charge is -2.08. The van der Waals surface area contributed by atoms with Gasteiger partial charge in [-0.3, -0.25) is 5.43 Å². The van der Waals surface area contributed by atoms with E-state index >= 15 is 0 Å². The maximum Gasteiger partial charge on any atom is 0.180 e. The van der Waals surface area contributed by atoms with E-state index in [1.54, 1.807) is 44.3 Å². The highest BCUT2D eigenvalue weighted by molar-refractivity contribution is 7.92. The maximum absolute atomic E-state index is 12.4. The second-order valence-electron chi connectivity index (χ2n) is 7.68. The van der Waals surface area contributed by atoms with Gasteiger partial charge in [0.2, 0.25) is 0 Å². The van der Waals surface area contributed by atoms with Crippen LogP contribution < -0.4 is 16.5 Å². The highest BCUT2D eigenvalue weighted by Gasteiger charge is 2.19. The third-order valence-electron chi connectivity index (χ3n) is 5.33. The summed E-state index contributed by atoms with van der Waals surface area (Å²) in [6.07, 6.45) is 3.56. The third kappa shape index (κ3) is 3.49. The van der Waals surface area contributed by atoms with E-state index < -0.39 is 15.1 Å². The van der Waals surface area contributed by atoms with E-state index in [-0.39, 0.29) is 0 Å². The van der Waals surface area contributed by atoms with Gasteiger partial charge in [-0.05, 0) is 37.6 Å². The summed E-state index contributed by atoms with van der Waals surface area (Å²) in [5.74, 6) is 0.690. The molecule has 1 aliphatic heterocycles. The molecule has 0 bridgehead atoms. The predicted molar refractivity (Wildman–Crippen MR) is 123 cm³/mol. The van der Waals surface area contributed by atoms with Gasteiger partial charge < -0.3 is 4.98 Å². The number of hydrogen-bond acceptors (Lipinski definition) is 8. The fourth-order valence-electron chi connectivity index (χ4n) is 3.51. The molecule has 5 rings (SSSR count). The second kappa shape index (κ2) is 7.74. The van der Waals surface area contributed by atoms with Crippen molar-refractivity contribution in [3.63, 3.8) is 0 Å². The monoisotopic (exact) mass is 447 g/mol. The van der Waals surface area contributed by atoms with Gasteiger partial charge in [0.15, 0.2) is 21.3 Å². The fraction of sp³-hybridized carbons (Fsp3) is 0.136. The predicted octanol–water partition coefficient (Wildman–Crippen LogP) is 2.75. The minimum Gasteiger partial charge on any atom is -0.344 e. The molecular weight excluding hydrogens is 426 g/mol. The van der Waals surface area contributed by atoms with Crippen LogP contribution in [0.1, 0.15) is 19.4 Å². The van der Waals surface area contributed by atoms with Crippen LogP contribution in [0.25, 0.3) is 33.5 Å². The molecule has 32 heavy (non-hydrogen) atoms. The van der Waals surface area contributed by atoms with E-state index in [0.29, 0.717) is 22.1 Å². The van der Waals surface area contributed by atoms with Crippen LogP contribution in [0, 0.1) is 0 Å². The van der Waals surface area contributed by atoms with Crippen molar-refractivity contribution in [3.8, 4) is 22.4 Å². The number of hydrazone groups is 1. The number of aromatic amines is 1. The summed E-state index contributed by atoms with van der Waals surface area (Å²) in [5.41, 5.74) is 14.0. The highest BCUT2D eigenvalue weighted by Crippen LogP contribution is 2.29. The summed E-state index contributed by atoms with van der Waals surface area (Å²) < 4.78 is 24.8. The number of aromatic nitrogens is 3. The van der Waals surface area contributed by atoms with Crippen LogP contribution in [0.15, 0.2) is 70.9 Å². The minimum atomic E-state index is -3.32. The number of H-pyrrole nitrogens is 1. The average Bonchev–Trinajstić information content (AvgIpc) is 3.49. The van der Waals surface area contributed by atoms with E-state index in [9.17, 15) is 8.42 Å². The van der Waals surface area contributed by atoms with Crippen LogP contribution in [0.3, 0.4) is 0 Å². The summed E-state index contributed by atoms with van der Waals surface area (Å²) >= 11 is 0. The lowest BCUT2D eigenvalue weighted by Crippen LogP contribution is -2.35. The molecule has 162 valence electrons. The van der Waals surface area contributed by atoms with Crippen LogP contribution >= 0.6 is 0 Å². The van der Waals surface area contributed by atoms with Crippen LogP contribution in [-0.2, 0) is 9.84 Å². The molecule has 0 atom stereocenters. The number of nitrogens with zero attached hydrogens (tertiary/aromatic N) is 3. The average molecular weight is 448 g/mol. The molecule has 3 heterocycles. The molecule has 0 saturated heterocycles. The largest absolute Gasteiger partial charge is 0.344 e. The Balaban J connectivity index is 1.53. The van der Waals surface area contributed by atoms with Crippen LogP contribution in [-0.4, -0.2) is 34.5 Å². The number of sulfone groups is 1. The van der Waals surface area contributed by atoms with E-state index in [1.807, 2.05) is 30.5 Å². The Hall–Kier alpha value is -3.76. The van der Waals surface area contributed by atoms with Crippen molar-refractivity contribution < 1.29 is 8.42 Å². The van der Waals surface area contributed by atoms with Gasteiger partial charge in [0.1, 0.15) is 5.52 Å². The van der Waals surface area contributed by atoms with Crippen LogP contribution in [0.5, 0.6) is 0 Å². The minimum absolute atomic E-state index is 0.303. The van der Waals surface area contributed by atoms with Gasteiger partial charge in [0.25, 0.3) is 0 Å². The Bertz CT molecular complexity index is 1440. The van der Waals surface area contributed by atoms with Gasteiger partial charge in [-0.25, -0.2) is 23.9 Å². The molecule has 0 amide bonds. The zero-order valence-electron chi connectivity index (χ0n) is 17.4. The first-order chi connectivity index (χ1) is 15.4. The molecule has 4 N–H and O–H groups in total. The van der Waals surface area contributed by atoms with Gasteiger partial charge in [-0.15, -0.1) is 10.6 Å². The maximum atomic E-state index is 12.4. The third-order valence-corrected chi connectivity index (χ3v) is 7.50. The SMILES string of the molecule is CC(C)S(=O)(=O)c1ccc(-c2cnc3[nH]cc(-c4cccc(C5=NNNN5)c4)c3n2)cc1. The first kappa shape index (κ1) is 20.2. The molecular formula is C22H21N7O2S. The number of rotatable bonds is 5. The number of amidine groups is 1. The van der Waals surface area contributed by atoms with E-state index in [0.717, 1.165) is 27.8 Å². The summed E-state index contributed by atoms with van der Waals surface area (Å²) in [5, 5.41) is 3.67. The fourth-order valence-corrected chi connectivity index (χ4v) is 4.57. The van der Waals surface area contributed by atoms with Gasteiger partial charge in [-0.2, -0.15) is 0 Å². The van der Waals surface area contributed by atoms with Gasteiger partial charge >= 0.3 is 0 Å². The summed E-state index contributed by atoms with van der Waals surface area (Å²) in [6, 6.07) is 14.7. The molecule has 0 fully saturated rings. The number of hydrazine groups is 2. The molecule has 4 aromatic rings. The van der Waals surface area contributed by atoms with Gasteiger partial charge in [-0.1, -0.05) is 30.3 Å². The molecule has 10 heteroatoms. The van der Waals surface area contributed by atoms with Crippen molar-refractivity contribution in [3.05, 3.63) is 66.5 Å². The number of benzene rings is 2. The lowest BCUT2D eigenvalue weighted by molar-refractivity contribution is 0.577. The Morgan fingerprint density at radius 1 is 0.969 bits per heavy atom. The molecule has 0 spiro atoms. The lowest BCUT2D eigenvalue weighted by atomic mass is 10.0. The van der Waals surface area contributed by atoms with Crippen molar-refractivity contribution in [2.75, 3.05) is 0 Å². The van der Waals surface area contributed by atoms with Crippen LogP contribution in [0.2, 0.25) is 0 Å². The van der Waals surface area contributed by atoms with Crippen molar-refractivity contribution >= 4 is 26.8 Å². The number of hydrogen-bond donors (Lipinski definition) is 4. The molecule has 0 radical (unpaired) electrons. The standard InChI is InChI=1S/C22H21N7O2S/c1-13(2)32(30,31)17-8-6-14(7-9-17)19-12-24-22-20(25-19)18(11-23-22)15-4-3-5-16(10-15)21-26-28-29-27-21/h3-13,28-29H,1-2H3,(H,23,24)(H,26,27). The Kier molecular flexibility index (Phi) is 4.87. The second-order valence-corrected chi connectivity index (χ2v) is 10.2. The summed E-state index contributed by atoms with van der Waals surface area (Å²) in [7, 11) is -3.32. The van der Waals surface area contributed by atoms with Crippen molar-refractivity contribution in [1.29, 1.82) is 0 Å². The van der Waals surface area contributed by atoms with Crippen molar-refractivity contribution in [2.24, 2.45) is 5.10 Å². The topological polar surface area (TPSA) is 124 Å². The first-order valence-corrected chi connectivity index (χ1v) is 11.6. The Labute approximate surface area is 184 Å². The zero-order chi connectivity index (χ0) is 22.3. The van der Waals surface area contributed by atoms with Crippen molar-refractivity contribution in [1.82, 2.24) is 31.4 Å². The molecule has 1 aliphatic rings. The zero-order valence-corrected chi connectivity index (χ0v) is 18.2. The van der Waals surface area contributed by atoms with Gasteiger partial charge in [0.05, 0.1) is 22.0 Å². The molecule has 9 nitrogen and oxygen atoms in total. The molecule has 2 aromatic carbocycles. The van der Waals surface area contributed by atoms with Crippen LogP contribution in [0.4, 0.5) is 0 Å². The van der Waals surface area contributed by atoms with E-state index in [4.69, 9.17) is 4.98 Å². The molecule has 0 unspecified atom stereocenters. The summed E-state index contributed by atoms with van der Waals surface area (Å²) in [4.78, 5) is 12.8. The quantitative estimate of drug-likeness (QED) is 0.371. The number of fused-ring (bicyclic) bond motifs is 1. The Morgan fingerprint density at radius 2 is 1.75 bits per heavy atom. The summed E-state index contributed by atoms with van der Waals surface area (Å²) in [6.45, 7) is 3.35. The van der Waals surface area contributed by atoms with E-state index in [2.05, 4.69) is 31.6 Å². The molecule has 0 aliphatic carbocycles. The smallest absolute Gasteiger partial charge is 0.180 e. The first-order valence-electron chi connectivity index (χ1n) is 10.1. The highest BCUT2D eigenvalue weighted by atomic mass is 32.2. The normalized spacial score (nSPS) is 13.8. The molecule has 0 saturated carbocycles. The Morgan fingerprint density at radius 3 is 2.47 bits per heavy atom. The van der Waals surface area contributed by atoms with E-state index in [1.165, 1.54) is 0 Å². The van der Waals surface area contributed by atoms with Crippen molar-refractivity contribution in [2.45, 2.75) is 24.0 Å². The number of nitrogens with one attached hydrogen (secondary N) is 4.